The Kier molecular flexibility index (Phi) is 7.11. The van der Waals surface area contributed by atoms with Gasteiger partial charge in [-0.3, -0.25) is 0 Å². The van der Waals surface area contributed by atoms with Crippen LogP contribution < -0.4 is 0 Å². The summed E-state index contributed by atoms with van der Waals surface area (Å²) in [6.07, 6.45) is 17.7. The fourth-order valence-corrected chi connectivity index (χ4v) is 4.07. The molecule has 0 N–H and O–H groups in total. The first kappa shape index (κ1) is 18.9. The van der Waals surface area contributed by atoms with E-state index >= 15 is 0 Å². The van der Waals surface area contributed by atoms with Gasteiger partial charge in [0.25, 0.3) is 0 Å². The van der Waals surface area contributed by atoms with Gasteiger partial charge in [0.15, 0.2) is 0 Å². The van der Waals surface area contributed by atoms with Crippen molar-refractivity contribution in [3.05, 3.63) is 48.3 Å². The van der Waals surface area contributed by atoms with E-state index in [0.29, 0.717) is 5.92 Å². The minimum Gasteiger partial charge on any atom is -0.240 e. The molecule has 0 radical (unpaired) electrons. The van der Waals surface area contributed by atoms with Crippen LogP contribution in [-0.4, -0.2) is 9.61 Å². The summed E-state index contributed by atoms with van der Waals surface area (Å²) in [5, 5.41) is 7.19. The zero-order chi connectivity index (χ0) is 18.2. The zero-order valence-corrected chi connectivity index (χ0v) is 16.6. The maximum absolute atomic E-state index is 4.65. The van der Waals surface area contributed by atoms with Gasteiger partial charge in [-0.1, -0.05) is 89.5 Å². The molecular formula is C24H34N2. The molecule has 0 aliphatic carbocycles. The van der Waals surface area contributed by atoms with E-state index in [0.717, 1.165) is 0 Å². The minimum absolute atomic E-state index is 0.684. The fraction of sp³-hybridized carbons (Fsp3) is 0.542. The topological polar surface area (TPSA) is 17.3 Å². The van der Waals surface area contributed by atoms with Gasteiger partial charge in [-0.2, -0.15) is 5.10 Å². The molecule has 0 aliphatic rings. The van der Waals surface area contributed by atoms with Crippen LogP contribution in [0.3, 0.4) is 0 Å². The SMILES string of the molecule is CCCCCCC(CCCCCC)c1cc2c3ccccc3cnn2c1. The van der Waals surface area contributed by atoms with E-state index in [2.05, 4.69) is 60.0 Å². The van der Waals surface area contributed by atoms with Gasteiger partial charge in [-0.25, -0.2) is 4.52 Å². The van der Waals surface area contributed by atoms with Crippen molar-refractivity contribution in [2.75, 3.05) is 0 Å². The number of rotatable bonds is 11. The second-order valence-corrected chi connectivity index (χ2v) is 7.73. The van der Waals surface area contributed by atoms with Gasteiger partial charge in [0.05, 0.1) is 11.7 Å². The third-order valence-corrected chi connectivity index (χ3v) is 5.66. The predicted molar refractivity (Wildman–Crippen MR) is 113 cm³/mol. The summed E-state index contributed by atoms with van der Waals surface area (Å²) in [5.74, 6) is 0.684. The fourth-order valence-electron chi connectivity index (χ4n) is 4.07. The van der Waals surface area contributed by atoms with Crippen molar-refractivity contribution in [3.8, 4) is 0 Å². The van der Waals surface area contributed by atoms with Gasteiger partial charge in [0, 0.05) is 17.0 Å². The molecule has 2 nitrogen and oxygen atoms in total. The summed E-state index contributed by atoms with van der Waals surface area (Å²) >= 11 is 0. The number of hydrogen-bond acceptors (Lipinski definition) is 1. The first-order valence-corrected chi connectivity index (χ1v) is 10.7. The van der Waals surface area contributed by atoms with Crippen LogP contribution in [0.2, 0.25) is 0 Å². The first-order valence-electron chi connectivity index (χ1n) is 10.7. The molecule has 0 spiro atoms. The molecule has 3 rings (SSSR count). The Morgan fingerprint density at radius 2 is 1.58 bits per heavy atom. The third kappa shape index (κ3) is 4.66. The average molecular weight is 351 g/mol. The van der Waals surface area contributed by atoms with E-state index in [9.17, 15) is 0 Å². The van der Waals surface area contributed by atoms with E-state index in [1.807, 2.05) is 6.20 Å². The number of nitrogens with zero attached hydrogens (tertiary/aromatic N) is 2. The van der Waals surface area contributed by atoms with Crippen LogP contribution >= 0.6 is 0 Å². The van der Waals surface area contributed by atoms with Crippen LogP contribution in [0.15, 0.2) is 42.7 Å². The van der Waals surface area contributed by atoms with Gasteiger partial charge >= 0.3 is 0 Å². The van der Waals surface area contributed by atoms with Crippen LogP contribution in [0.5, 0.6) is 0 Å². The van der Waals surface area contributed by atoms with Crippen molar-refractivity contribution in [1.82, 2.24) is 9.61 Å². The maximum Gasteiger partial charge on any atom is 0.0727 e. The molecule has 26 heavy (non-hydrogen) atoms. The number of unbranched alkanes of at least 4 members (excludes halogenated alkanes) is 6. The Labute approximate surface area is 158 Å². The van der Waals surface area contributed by atoms with Gasteiger partial charge in [0.2, 0.25) is 0 Å². The Bertz CT molecular complexity index is 790. The average Bonchev–Trinajstić information content (AvgIpc) is 3.11. The van der Waals surface area contributed by atoms with E-state index in [4.69, 9.17) is 0 Å². The number of aromatic nitrogens is 2. The van der Waals surface area contributed by atoms with E-state index < -0.39 is 0 Å². The lowest BCUT2D eigenvalue weighted by atomic mass is 9.89. The van der Waals surface area contributed by atoms with E-state index in [-0.39, 0.29) is 0 Å². The van der Waals surface area contributed by atoms with Crippen LogP contribution in [0.1, 0.15) is 89.5 Å². The molecule has 3 aromatic rings. The smallest absolute Gasteiger partial charge is 0.0727 e. The summed E-state index contributed by atoms with van der Waals surface area (Å²) in [6, 6.07) is 11.0. The van der Waals surface area contributed by atoms with Crippen LogP contribution in [0.4, 0.5) is 0 Å². The molecule has 0 amide bonds. The van der Waals surface area contributed by atoms with Crippen LogP contribution in [-0.2, 0) is 0 Å². The normalized spacial score (nSPS) is 11.8. The highest BCUT2D eigenvalue weighted by atomic mass is 15.2. The van der Waals surface area contributed by atoms with Gasteiger partial charge in [-0.05, 0) is 30.4 Å². The quantitative estimate of drug-likeness (QED) is 0.327. The Balaban J connectivity index is 1.80. The molecular weight excluding hydrogens is 316 g/mol. The highest BCUT2D eigenvalue weighted by Gasteiger charge is 2.15. The summed E-state index contributed by atoms with van der Waals surface area (Å²) in [7, 11) is 0. The largest absolute Gasteiger partial charge is 0.240 e. The predicted octanol–water partition coefficient (Wildman–Crippen LogP) is 7.51. The summed E-state index contributed by atoms with van der Waals surface area (Å²) in [4.78, 5) is 0. The third-order valence-electron chi connectivity index (χ3n) is 5.66. The molecule has 0 unspecified atom stereocenters. The molecule has 0 bridgehead atoms. The standard InChI is InChI=1S/C24H34N2/c1-3-5-7-9-13-20(14-10-8-6-4-2)22-17-24-23-16-12-11-15-21(23)18-25-26(24)19-22/h11-12,15-20H,3-10,13-14H2,1-2H3. The van der Waals surface area contributed by atoms with Gasteiger partial charge < -0.3 is 0 Å². The second kappa shape index (κ2) is 9.75. The minimum atomic E-state index is 0.684. The molecule has 0 saturated heterocycles. The molecule has 2 aromatic heterocycles. The Morgan fingerprint density at radius 1 is 0.885 bits per heavy atom. The maximum atomic E-state index is 4.65. The lowest BCUT2D eigenvalue weighted by Gasteiger charge is -2.15. The monoisotopic (exact) mass is 350 g/mol. The van der Waals surface area contributed by atoms with Crippen molar-refractivity contribution in [2.24, 2.45) is 0 Å². The molecule has 0 aliphatic heterocycles. The van der Waals surface area contributed by atoms with Crippen LogP contribution in [0, 0.1) is 0 Å². The van der Waals surface area contributed by atoms with E-state index in [1.165, 1.54) is 86.1 Å². The first-order chi connectivity index (χ1) is 12.8. The Morgan fingerprint density at radius 3 is 2.27 bits per heavy atom. The van der Waals surface area contributed by atoms with E-state index in [1.54, 1.807) is 0 Å². The van der Waals surface area contributed by atoms with Crippen molar-refractivity contribution in [2.45, 2.75) is 84.0 Å². The summed E-state index contributed by atoms with van der Waals surface area (Å²) in [6.45, 7) is 4.58. The highest BCUT2D eigenvalue weighted by molar-refractivity contribution is 5.95. The number of benzene rings is 1. The van der Waals surface area contributed by atoms with Crippen molar-refractivity contribution >= 4 is 16.3 Å². The van der Waals surface area contributed by atoms with Crippen LogP contribution in [0.25, 0.3) is 16.3 Å². The zero-order valence-electron chi connectivity index (χ0n) is 16.6. The van der Waals surface area contributed by atoms with Crippen molar-refractivity contribution in [1.29, 1.82) is 0 Å². The lowest BCUT2D eigenvalue weighted by molar-refractivity contribution is 0.496. The lowest BCUT2D eigenvalue weighted by Crippen LogP contribution is -1.99. The second-order valence-electron chi connectivity index (χ2n) is 7.73. The number of fused-ring (bicyclic) bond motifs is 3. The summed E-state index contributed by atoms with van der Waals surface area (Å²) < 4.78 is 2.09. The molecule has 0 atom stereocenters. The molecule has 1 aromatic carbocycles. The van der Waals surface area contributed by atoms with Crippen molar-refractivity contribution in [3.63, 3.8) is 0 Å². The number of hydrogen-bond donors (Lipinski definition) is 0. The highest BCUT2D eigenvalue weighted by Crippen LogP contribution is 2.31. The molecule has 0 fully saturated rings. The molecule has 2 heteroatoms. The molecule has 140 valence electrons. The molecule has 0 saturated carbocycles. The van der Waals surface area contributed by atoms with Crippen molar-refractivity contribution < 1.29 is 0 Å². The van der Waals surface area contributed by atoms with Gasteiger partial charge in [-0.15, -0.1) is 0 Å². The summed E-state index contributed by atoms with van der Waals surface area (Å²) in [5.41, 5.74) is 2.74. The van der Waals surface area contributed by atoms with Gasteiger partial charge in [0.1, 0.15) is 0 Å². The Hall–Kier alpha value is -1.83. The molecule has 2 heterocycles.